The average molecular weight is 949 g/mol. The topological polar surface area (TPSA) is 19.6 Å². The van der Waals surface area contributed by atoms with Crippen LogP contribution in [0, 0.1) is 0 Å². The minimum atomic E-state index is -0.622. The summed E-state index contributed by atoms with van der Waals surface area (Å²) in [6, 6.07) is 92.7. The first-order chi connectivity index (χ1) is 36.7. The Labute approximate surface area is 432 Å². The highest BCUT2D eigenvalue weighted by molar-refractivity contribution is 6.13. The predicted molar refractivity (Wildman–Crippen MR) is 308 cm³/mol. The normalized spacial score (nSPS) is 15.6. The van der Waals surface area contributed by atoms with Crippen molar-refractivity contribution in [2.45, 2.75) is 43.4 Å². The van der Waals surface area contributed by atoms with E-state index >= 15 is 0 Å². The summed E-state index contributed by atoms with van der Waals surface area (Å²) >= 11 is 0. The van der Waals surface area contributed by atoms with Gasteiger partial charge in [0.25, 0.3) is 0 Å². The second-order valence-corrected chi connectivity index (χ2v) is 20.5. The molecule has 11 aromatic carbocycles. The number of furan rings is 1. The fraction of sp³-hybridized carbons (Fsp3) is 0.0986. The zero-order valence-corrected chi connectivity index (χ0v) is 41.1. The van der Waals surface area contributed by atoms with Gasteiger partial charge in [0.2, 0.25) is 0 Å². The van der Waals surface area contributed by atoms with Crippen molar-refractivity contribution in [1.29, 1.82) is 0 Å². The largest absolute Gasteiger partial charge is 0.456 e. The monoisotopic (exact) mass is 948 g/mol. The van der Waals surface area contributed by atoms with Gasteiger partial charge in [-0.25, -0.2) is 0 Å². The highest BCUT2D eigenvalue weighted by atomic mass is 16.3. The van der Waals surface area contributed by atoms with Gasteiger partial charge in [-0.1, -0.05) is 195 Å². The van der Waals surface area contributed by atoms with Gasteiger partial charge >= 0.3 is 0 Å². The highest BCUT2D eigenvalue weighted by Crippen LogP contribution is 2.64. The van der Waals surface area contributed by atoms with Crippen molar-refractivity contribution in [3.05, 3.63) is 277 Å². The maximum atomic E-state index is 6.54. The molecule has 0 saturated heterocycles. The van der Waals surface area contributed by atoms with Crippen molar-refractivity contribution in [2.75, 3.05) is 9.80 Å². The maximum Gasteiger partial charge on any atom is 0.137 e. The minimum absolute atomic E-state index is 0.613. The van der Waals surface area contributed by atoms with Crippen LogP contribution in [0.3, 0.4) is 0 Å². The van der Waals surface area contributed by atoms with Crippen LogP contribution < -0.4 is 9.80 Å². The van der Waals surface area contributed by atoms with Crippen LogP contribution >= 0.6 is 0 Å². The number of para-hydroxylation sites is 2. The number of benzene rings is 11. The predicted octanol–water partition coefficient (Wildman–Crippen LogP) is 19.7. The molecular formula is C71H52N2O. The van der Waals surface area contributed by atoms with Crippen LogP contribution in [0.25, 0.3) is 66.1 Å². The molecule has 1 atom stereocenters. The van der Waals surface area contributed by atoms with E-state index in [2.05, 4.69) is 259 Å². The van der Waals surface area contributed by atoms with Crippen molar-refractivity contribution in [3.63, 3.8) is 0 Å². The molecule has 3 aliphatic rings. The fourth-order valence-corrected chi connectivity index (χ4v) is 13.5. The van der Waals surface area contributed by atoms with Crippen molar-refractivity contribution >= 4 is 66.8 Å². The molecule has 0 amide bonds. The number of rotatable bonds is 8. The Kier molecular flexibility index (Phi) is 9.88. The van der Waals surface area contributed by atoms with Gasteiger partial charge < -0.3 is 14.2 Å². The number of hydrogen-bond donors (Lipinski definition) is 0. The van der Waals surface area contributed by atoms with E-state index in [0.29, 0.717) is 5.92 Å². The highest BCUT2D eigenvalue weighted by Gasteiger charge is 2.52. The van der Waals surface area contributed by atoms with Crippen molar-refractivity contribution < 1.29 is 4.42 Å². The zero-order chi connectivity index (χ0) is 48.7. The Hall–Kier alpha value is -8.92. The molecule has 3 heteroatoms. The molecule has 0 bridgehead atoms. The quantitative estimate of drug-likeness (QED) is 0.151. The number of hydrogen-bond acceptors (Lipinski definition) is 3. The minimum Gasteiger partial charge on any atom is -0.456 e. The second kappa shape index (κ2) is 17.1. The first-order valence-electron chi connectivity index (χ1n) is 26.4. The average Bonchev–Trinajstić information content (AvgIpc) is 4.18. The molecule has 1 unspecified atom stereocenters. The lowest BCUT2D eigenvalue weighted by molar-refractivity contribution is 0.443. The molecule has 15 rings (SSSR count). The smallest absolute Gasteiger partial charge is 0.137 e. The number of nitrogens with zero attached hydrogens (tertiary/aromatic N) is 2. The Morgan fingerprint density at radius 3 is 1.61 bits per heavy atom. The van der Waals surface area contributed by atoms with Crippen LogP contribution in [-0.2, 0) is 5.41 Å². The summed E-state index contributed by atoms with van der Waals surface area (Å²) in [4.78, 5) is 4.98. The van der Waals surface area contributed by atoms with E-state index in [1.165, 1.54) is 104 Å². The van der Waals surface area contributed by atoms with Gasteiger partial charge in [-0.3, -0.25) is 0 Å². The second-order valence-electron chi connectivity index (χ2n) is 20.5. The molecule has 0 aliphatic heterocycles. The van der Waals surface area contributed by atoms with Crippen molar-refractivity contribution in [3.8, 4) is 33.4 Å². The molecule has 1 aromatic heterocycles. The lowest BCUT2D eigenvalue weighted by Gasteiger charge is -2.34. The van der Waals surface area contributed by atoms with Gasteiger partial charge in [0, 0.05) is 33.7 Å². The first-order valence-corrected chi connectivity index (χ1v) is 26.4. The number of anilines is 6. The van der Waals surface area contributed by atoms with E-state index in [9.17, 15) is 0 Å². The summed E-state index contributed by atoms with van der Waals surface area (Å²) in [5.74, 6) is 0.613. The molecule has 0 N–H and O–H groups in total. The van der Waals surface area contributed by atoms with E-state index in [0.717, 1.165) is 56.1 Å². The maximum absolute atomic E-state index is 6.54. The molecule has 352 valence electrons. The fourth-order valence-electron chi connectivity index (χ4n) is 13.5. The summed E-state index contributed by atoms with van der Waals surface area (Å²) in [6.07, 6.45) is 6.50. The molecule has 1 heterocycles. The Balaban J connectivity index is 0.984. The SMILES string of the molecule is c1ccc(-c2c(N(c3ccc(C4CCCCC4)cc3)c3ccc4c(c3)C3(c5ccccc5-4)c4ccccc4-c4ccc(N(c5ccccc5)c5cccc6oc7ccccc7c56)cc43)ccc3ccccc23)cc1. The Morgan fingerprint density at radius 1 is 0.365 bits per heavy atom. The molecular weight excluding hydrogens is 897 g/mol. The van der Waals surface area contributed by atoms with Gasteiger partial charge in [0.05, 0.1) is 22.2 Å². The zero-order valence-electron chi connectivity index (χ0n) is 41.1. The number of fused-ring (bicyclic) bond motifs is 14. The van der Waals surface area contributed by atoms with Crippen LogP contribution in [0.4, 0.5) is 34.1 Å². The van der Waals surface area contributed by atoms with E-state index in [1.807, 2.05) is 0 Å². The molecule has 12 aromatic rings. The van der Waals surface area contributed by atoms with E-state index in [-0.39, 0.29) is 0 Å². The molecule has 74 heavy (non-hydrogen) atoms. The third-order valence-electron chi connectivity index (χ3n) is 16.6. The third kappa shape index (κ3) is 6.45. The van der Waals surface area contributed by atoms with Gasteiger partial charge in [-0.15, -0.1) is 0 Å². The molecule has 1 fully saturated rings. The molecule has 0 radical (unpaired) electrons. The Morgan fingerprint density at radius 2 is 0.905 bits per heavy atom. The van der Waals surface area contributed by atoms with Gasteiger partial charge in [-0.2, -0.15) is 0 Å². The summed E-state index contributed by atoms with van der Waals surface area (Å²) < 4.78 is 6.54. The standard InChI is InChI=1S/C71H52N2O/c1-4-19-47(20-5-1)48-35-38-52(39-36-48)73(66-44-37-49-21-10-11-26-55(49)69(66)50-22-6-2-7-23-50)54-41-43-59-57-28-13-16-31-62(57)71(64(59)46-54)61-30-15-12-27-56(61)58-42-40-53(45-63(58)71)72(51-24-8-3-9-25-51)65-32-18-34-68-70(65)60-29-14-17-33-67(60)74-68/h2-3,6-18,21-47H,1,4-5,19-20H2. The van der Waals surface area contributed by atoms with Crippen molar-refractivity contribution in [1.82, 2.24) is 0 Å². The van der Waals surface area contributed by atoms with Crippen LogP contribution in [0.1, 0.15) is 65.8 Å². The first kappa shape index (κ1) is 42.7. The van der Waals surface area contributed by atoms with E-state index in [4.69, 9.17) is 4.42 Å². The lowest BCUT2D eigenvalue weighted by Crippen LogP contribution is -2.26. The summed E-state index contributed by atoms with van der Waals surface area (Å²) in [5, 5.41) is 4.66. The summed E-state index contributed by atoms with van der Waals surface area (Å²) in [7, 11) is 0. The lowest BCUT2D eigenvalue weighted by atomic mass is 9.70. The summed E-state index contributed by atoms with van der Waals surface area (Å²) in [5.41, 5.74) is 21.9. The molecule has 3 nitrogen and oxygen atoms in total. The van der Waals surface area contributed by atoms with Crippen LogP contribution in [-0.4, -0.2) is 0 Å². The molecule has 3 aliphatic carbocycles. The molecule has 1 spiro atoms. The summed E-state index contributed by atoms with van der Waals surface area (Å²) in [6.45, 7) is 0. The van der Waals surface area contributed by atoms with E-state index < -0.39 is 5.41 Å². The Bertz CT molecular complexity index is 4120. The van der Waals surface area contributed by atoms with Crippen molar-refractivity contribution in [2.24, 2.45) is 0 Å². The van der Waals surface area contributed by atoms with Gasteiger partial charge in [0.15, 0.2) is 0 Å². The third-order valence-corrected chi connectivity index (χ3v) is 16.6. The van der Waals surface area contributed by atoms with Crippen LogP contribution in [0.2, 0.25) is 0 Å². The van der Waals surface area contributed by atoms with Gasteiger partial charge in [0.1, 0.15) is 11.2 Å². The molecule has 1 saturated carbocycles. The van der Waals surface area contributed by atoms with E-state index in [1.54, 1.807) is 0 Å². The van der Waals surface area contributed by atoms with Gasteiger partial charge in [-0.05, 0) is 158 Å². The van der Waals surface area contributed by atoms with Crippen LogP contribution in [0.15, 0.2) is 253 Å². The van der Waals surface area contributed by atoms with Crippen LogP contribution in [0.5, 0.6) is 0 Å².